The molecule has 3 heterocycles. The van der Waals surface area contributed by atoms with Gasteiger partial charge in [0.25, 0.3) is 0 Å². The third kappa shape index (κ3) is 7.99. The first kappa shape index (κ1) is 33.7. The molecule has 1 aromatic heterocycles. The number of ether oxygens (including phenoxy) is 4. The fourth-order valence-corrected chi connectivity index (χ4v) is 7.43. The van der Waals surface area contributed by atoms with Crippen LogP contribution in [0.3, 0.4) is 0 Å². The zero-order valence-electron chi connectivity index (χ0n) is 26.1. The predicted octanol–water partition coefficient (Wildman–Crippen LogP) is 3.40. The van der Waals surface area contributed by atoms with Crippen LogP contribution in [0.25, 0.3) is 11.0 Å². The second kappa shape index (κ2) is 14.8. The van der Waals surface area contributed by atoms with Crippen LogP contribution in [-0.4, -0.2) is 88.0 Å². The minimum atomic E-state index is -4.13. The van der Waals surface area contributed by atoms with Crippen molar-refractivity contribution in [2.24, 2.45) is 11.8 Å². The van der Waals surface area contributed by atoms with Gasteiger partial charge in [-0.3, -0.25) is 0 Å². The average Bonchev–Trinajstić information content (AvgIpc) is 3.76. The van der Waals surface area contributed by atoms with E-state index in [1.807, 2.05) is 44.2 Å². The molecule has 2 saturated heterocycles. The molecule has 3 N–H and O–H groups in total. The lowest BCUT2D eigenvalue weighted by atomic mass is 10.0. The molecule has 0 aliphatic carbocycles. The summed E-state index contributed by atoms with van der Waals surface area (Å²) in [5, 5.41) is 17.4. The molecule has 250 valence electrons. The van der Waals surface area contributed by atoms with E-state index in [-0.39, 0.29) is 55.7 Å². The second-order valence-electron chi connectivity index (χ2n) is 12.0. The van der Waals surface area contributed by atoms with Crippen molar-refractivity contribution in [1.82, 2.24) is 14.9 Å². The molecule has 46 heavy (non-hydrogen) atoms. The summed E-state index contributed by atoms with van der Waals surface area (Å²) < 4.78 is 56.4. The number of carbonyl (C=O) groups excluding carboxylic acids is 2. The molecule has 2 aliphatic rings. The maximum absolute atomic E-state index is 14.1. The lowest BCUT2D eigenvalue weighted by Crippen LogP contribution is -2.51. The van der Waals surface area contributed by atoms with Crippen molar-refractivity contribution in [2.45, 2.75) is 62.7 Å². The first-order valence-electron chi connectivity index (χ1n) is 15.3. The quantitative estimate of drug-likeness (QED) is 0.248. The Kier molecular flexibility index (Phi) is 10.8. The van der Waals surface area contributed by atoms with Crippen LogP contribution in [-0.2, 0) is 41.9 Å². The molecule has 0 spiro atoms. The number of furan rings is 1. The number of hydrogen-bond acceptors (Lipinski definition) is 10. The summed E-state index contributed by atoms with van der Waals surface area (Å²) in [7, 11) is -2.88. The number of benzene rings is 2. The Labute approximate surface area is 268 Å². The largest absolute Gasteiger partial charge is 0.464 e. The van der Waals surface area contributed by atoms with Crippen LogP contribution in [0.5, 0.6) is 0 Å². The van der Waals surface area contributed by atoms with E-state index in [4.69, 9.17) is 18.6 Å². The Morgan fingerprint density at radius 2 is 1.87 bits per heavy atom. The van der Waals surface area contributed by atoms with Gasteiger partial charge in [-0.2, -0.15) is 4.31 Å². The van der Waals surface area contributed by atoms with E-state index in [9.17, 15) is 23.1 Å². The Balaban J connectivity index is 1.36. The Hall–Kier alpha value is -3.69. The van der Waals surface area contributed by atoms with E-state index in [2.05, 4.69) is 15.4 Å². The van der Waals surface area contributed by atoms with Gasteiger partial charge in [-0.15, -0.1) is 0 Å². The van der Waals surface area contributed by atoms with E-state index in [1.54, 1.807) is 6.07 Å². The zero-order chi connectivity index (χ0) is 32.8. The minimum Gasteiger partial charge on any atom is -0.464 e. The minimum absolute atomic E-state index is 0.00452. The van der Waals surface area contributed by atoms with Crippen LogP contribution >= 0.6 is 0 Å². The average molecular weight is 660 g/mol. The number of hydrogen-bond donors (Lipinski definition) is 3. The van der Waals surface area contributed by atoms with Crippen molar-refractivity contribution in [1.29, 1.82) is 0 Å². The lowest BCUT2D eigenvalue weighted by Gasteiger charge is -2.31. The molecular formula is C32H41N3O10S. The fourth-order valence-electron chi connectivity index (χ4n) is 5.78. The Bertz CT molecular complexity index is 1600. The summed E-state index contributed by atoms with van der Waals surface area (Å²) in [5.41, 5.74) is 1.86. The van der Waals surface area contributed by atoms with E-state index in [0.717, 1.165) is 5.56 Å². The van der Waals surface area contributed by atoms with Gasteiger partial charge in [0.05, 0.1) is 49.5 Å². The number of sulfonamides is 1. The first-order chi connectivity index (χ1) is 22.0. The summed E-state index contributed by atoms with van der Waals surface area (Å²) in [4.78, 5) is 24.7. The van der Waals surface area contributed by atoms with Gasteiger partial charge >= 0.3 is 12.2 Å². The highest BCUT2D eigenvalue weighted by Gasteiger charge is 2.44. The smallest absolute Gasteiger partial charge is 0.407 e. The SMILES string of the molecule is COC(=O)NCc1coc2ccc(S(=O)(=O)N(CC(C)C)C[C@@H](O)[C@H](Cc3ccccc3)NC(=O)OC3CO[C@H]4OCC[C@@H]34)cc12. The van der Waals surface area contributed by atoms with Crippen molar-refractivity contribution in [3.8, 4) is 0 Å². The summed E-state index contributed by atoms with van der Waals surface area (Å²) in [6, 6.07) is 12.9. The number of fused-ring (bicyclic) bond motifs is 2. The van der Waals surface area contributed by atoms with E-state index in [0.29, 0.717) is 29.6 Å². The molecule has 0 saturated carbocycles. The van der Waals surface area contributed by atoms with Gasteiger partial charge in [-0.25, -0.2) is 18.0 Å². The van der Waals surface area contributed by atoms with Crippen LogP contribution in [0, 0.1) is 11.8 Å². The van der Waals surface area contributed by atoms with Crippen molar-refractivity contribution in [3.63, 3.8) is 0 Å². The number of alkyl carbamates (subject to hydrolysis) is 2. The molecule has 1 unspecified atom stereocenters. The van der Waals surface area contributed by atoms with Crippen molar-refractivity contribution < 1.29 is 46.5 Å². The van der Waals surface area contributed by atoms with Gasteiger partial charge in [0.15, 0.2) is 6.29 Å². The number of aliphatic hydroxyl groups is 1. The molecule has 14 heteroatoms. The number of carbonyl (C=O) groups is 2. The van der Waals surface area contributed by atoms with Crippen molar-refractivity contribution in [2.75, 3.05) is 33.4 Å². The van der Waals surface area contributed by atoms with Crippen LogP contribution < -0.4 is 10.6 Å². The number of amides is 2. The molecule has 0 radical (unpaired) electrons. The molecule has 5 atom stereocenters. The number of nitrogens with zero attached hydrogens (tertiary/aromatic N) is 1. The van der Waals surface area contributed by atoms with Gasteiger partial charge in [0.1, 0.15) is 11.7 Å². The topological polar surface area (TPSA) is 166 Å². The fraction of sp³-hybridized carbons (Fsp3) is 0.500. The summed E-state index contributed by atoms with van der Waals surface area (Å²) >= 11 is 0. The highest BCUT2D eigenvalue weighted by Crippen LogP contribution is 2.33. The van der Waals surface area contributed by atoms with Crippen LogP contribution in [0.15, 0.2) is 64.1 Å². The van der Waals surface area contributed by atoms with E-state index >= 15 is 0 Å². The normalized spacial score (nSPS) is 20.9. The Morgan fingerprint density at radius 3 is 2.61 bits per heavy atom. The number of rotatable bonds is 13. The predicted molar refractivity (Wildman–Crippen MR) is 166 cm³/mol. The van der Waals surface area contributed by atoms with Crippen LogP contribution in [0.2, 0.25) is 0 Å². The third-order valence-electron chi connectivity index (χ3n) is 8.14. The summed E-state index contributed by atoms with van der Waals surface area (Å²) in [6.07, 6.45) is -1.12. The maximum Gasteiger partial charge on any atom is 0.407 e. The molecule has 2 aliphatic heterocycles. The van der Waals surface area contributed by atoms with Crippen LogP contribution in [0.1, 0.15) is 31.4 Å². The third-order valence-corrected chi connectivity index (χ3v) is 9.97. The number of aliphatic hydroxyl groups excluding tert-OH is 1. The molecule has 2 amide bonds. The summed E-state index contributed by atoms with van der Waals surface area (Å²) in [6.45, 7) is 4.41. The molecule has 5 rings (SSSR count). The van der Waals surface area contributed by atoms with E-state index < -0.39 is 40.5 Å². The molecule has 0 bridgehead atoms. The van der Waals surface area contributed by atoms with Crippen LogP contribution in [0.4, 0.5) is 9.59 Å². The van der Waals surface area contributed by atoms with Crippen molar-refractivity contribution >= 4 is 33.2 Å². The molecule has 2 aromatic carbocycles. The van der Waals surface area contributed by atoms with Crippen molar-refractivity contribution in [3.05, 3.63) is 65.9 Å². The van der Waals surface area contributed by atoms with Gasteiger partial charge in [-0.05, 0) is 42.5 Å². The number of methoxy groups -OCH3 is 1. The molecule has 2 fully saturated rings. The van der Waals surface area contributed by atoms with Gasteiger partial charge in [0, 0.05) is 30.6 Å². The first-order valence-corrected chi connectivity index (χ1v) is 16.7. The number of nitrogens with one attached hydrogen (secondary N) is 2. The van der Waals surface area contributed by atoms with Gasteiger partial charge in [-0.1, -0.05) is 44.2 Å². The lowest BCUT2D eigenvalue weighted by molar-refractivity contribution is -0.0907. The Morgan fingerprint density at radius 1 is 1.09 bits per heavy atom. The van der Waals surface area contributed by atoms with Gasteiger partial charge in [0.2, 0.25) is 10.0 Å². The highest BCUT2D eigenvalue weighted by atomic mass is 32.2. The van der Waals surface area contributed by atoms with E-state index in [1.165, 1.54) is 29.8 Å². The second-order valence-corrected chi connectivity index (χ2v) is 13.9. The standard InChI is InChI=1S/C32H41N3O10S/c1-20(2)16-35(46(39,40)23-9-10-28-25(14-23)22(18-43-28)15-33-31(37)41-3)17-27(36)26(13-21-7-5-4-6-8-21)34-32(38)45-29-19-44-30-24(29)11-12-42-30/h4-10,14,18,20,24,26-27,29-30,36H,11-13,15-17,19H2,1-3H3,(H,33,37)(H,34,38)/t24-,26-,27+,29?,30+/m0/s1. The molecule has 13 nitrogen and oxygen atoms in total. The summed E-state index contributed by atoms with van der Waals surface area (Å²) in [5.74, 6) is -0.131. The molecular weight excluding hydrogens is 618 g/mol. The molecule has 3 aromatic rings. The maximum atomic E-state index is 14.1. The zero-order valence-corrected chi connectivity index (χ0v) is 26.9. The van der Waals surface area contributed by atoms with Gasteiger partial charge < -0.3 is 39.1 Å². The highest BCUT2D eigenvalue weighted by molar-refractivity contribution is 7.89. The monoisotopic (exact) mass is 659 g/mol.